The van der Waals surface area contributed by atoms with Crippen molar-refractivity contribution in [3.8, 4) is 0 Å². The van der Waals surface area contributed by atoms with Crippen LogP contribution in [0.15, 0.2) is 6.07 Å². The Labute approximate surface area is 85.8 Å². The fourth-order valence-electron chi connectivity index (χ4n) is 1.47. The highest BCUT2D eigenvalue weighted by atomic mass is 16.3. The highest BCUT2D eigenvalue weighted by molar-refractivity contribution is 5.16. The van der Waals surface area contributed by atoms with Crippen LogP contribution in [0.25, 0.3) is 0 Å². The van der Waals surface area contributed by atoms with Gasteiger partial charge in [-0.05, 0) is 17.9 Å². The molecule has 3 heteroatoms. The van der Waals surface area contributed by atoms with E-state index in [-0.39, 0.29) is 6.61 Å². The van der Waals surface area contributed by atoms with E-state index < -0.39 is 0 Å². The summed E-state index contributed by atoms with van der Waals surface area (Å²) in [4.78, 5) is 0. The van der Waals surface area contributed by atoms with E-state index >= 15 is 0 Å². The minimum absolute atomic E-state index is 0.152. The van der Waals surface area contributed by atoms with Gasteiger partial charge in [0.2, 0.25) is 0 Å². The fourth-order valence-corrected chi connectivity index (χ4v) is 1.47. The second kappa shape index (κ2) is 4.60. The summed E-state index contributed by atoms with van der Waals surface area (Å²) in [6.07, 6.45) is 0. The summed E-state index contributed by atoms with van der Waals surface area (Å²) >= 11 is 0. The Morgan fingerprint density at radius 1 is 1.29 bits per heavy atom. The smallest absolute Gasteiger partial charge is 0.0653 e. The van der Waals surface area contributed by atoms with Crippen molar-refractivity contribution in [2.75, 3.05) is 6.61 Å². The molecule has 0 unspecified atom stereocenters. The SMILES string of the molecule is CC(C)c1cc(C(C)C)n(CCO)n1. The molecule has 0 saturated heterocycles. The molecule has 14 heavy (non-hydrogen) atoms. The van der Waals surface area contributed by atoms with E-state index in [9.17, 15) is 0 Å². The molecular weight excluding hydrogens is 176 g/mol. The predicted octanol–water partition coefficient (Wildman–Crippen LogP) is 2.12. The van der Waals surface area contributed by atoms with Crippen molar-refractivity contribution in [1.29, 1.82) is 0 Å². The van der Waals surface area contributed by atoms with Crippen LogP contribution < -0.4 is 0 Å². The summed E-state index contributed by atoms with van der Waals surface area (Å²) in [6, 6.07) is 2.14. The summed E-state index contributed by atoms with van der Waals surface area (Å²) in [5.74, 6) is 0.911. The predicted molar refractivity (Wildman–Crippen MR) is 57.5 cm³/mol. The number of rotatable bonds is 4. The third-order valence-corrected chi connectivity index (χ3v) is 2.32. The molecule has 0 amide bonds. The lowest BCUT2D eigenvalue weighted by atomic mass is 10.1. The van der Waals surface area contributed by atoms with Gasteiger partial charge in [-0.25, -0.2) is 0 Å². The number of aliphatic hydroxyl groups is 1. The Kier molecular flexibility index (Phi) is 3.69. The van der Waals surface area contributed by atoms with Crippen LogP contribution in [-0.2, 0) is 6.54 Å². The maximum absolute atomic E-state index is 8.91. The van der Waals surface area contributed by atoms with Gasteiger partial charge in [0, 0.05) is 5.69 Å². The Hall–Kier alpha value is -0.830. The first-order valence-corrected chi connectivity index (χ1v) is 5.24. The Bertz CT molecular complexity index is 289. The molecule has 0 aliphatic rings. The first-order chi connectivity index (χ1) is 6.56. The van der Waals surface area contributed by atoms with Crippen LogP contribution in [-0.4, -0.2) is 21.5 Å². The molecule has 1 N–H and O–H groups in total. The van der Waals surface area contributed by atoms with E-state index in [1.165, 1.54) is 5.69 Å². The molecule has 1 heterocycles. The lowest BCUT2D eigenvalue weighted by molar-refractivity contribution is 0.266. The van der Waals surface area contributed by atoms with Crippen LogP contribution in [0.5, 0.6) is 0 Å². The van der Waals surface area contributed by atoms with Gasteiger partial charge in [0.05, 0.1) is 18.8 Å². The first-order valence-electron chi connectivity index (χ1n) is 5.24. The highest BCUT2D eigenvalue weighted by Gasteiger charge is 2.12. The van der Waals surface area contributed by atoms with E-state index in [1.807, 2.05) is 4.68 Å². The molecule has 3 nitrogen and oxygen atoms in total. The Morgan fingerprint density at radius 3 is 2.36 bits per heavy atom. The van der Waals surface area contributed by atoms with Gasteiger partial charge in [-0.3, -0.25) is 4.68 Å². The van der Waals surface area contributed by atoms with Crippen LogP contribution in [0.4, 0.5) is 0 Å². The van der Waals surface area contributed by atoms with Crippen molar-refractivity contribution in [2.45, 2.75) is 46.1 Å². The topological polar surface area (TPSA) is 38.0 Å². The quantitative estimate of drug-likeness (QED) is 0.801. The molecule has 0 aliphatic heterocycles. The van der Waals surface area contributed by atoms with E-state index in [4.69, 9.17) is 5.11 Å². The van der Waals surface area contributed by atoms with Crippen molar-refractivity contribution in [1.82, 2.24) is 9.78 Å². The average molecular weight is 196 g/mol. The number of aliphatic hydroxyl groups excluding tert-OH is 1. The second-order valence-electron chi connectivity index (χ2n) is 4.25. The molecule has 0 aromatic carbocycles. The maximum Gasteiger partial charge on any atom is 0.0653 e. The molecule has 1 aromatic rings. The van der Waals surface area contributed by atoms with Crippen molar-refractivity contribution >= 4 is 0 Å². The average Bonchev–Trinajstić information content (AvgIpc) is 2.49. The van der Waals surface area contributed by atoms with E-state index in [2.05, 4.69) is 38.9 Å². The lowest BCUT2D eigenvalue weighted by Crippen LogP contribution is -2.09. The largest absolute Gasteiger partial charge is 0.394 e. The minimum Gasteiger partial charge on any atom is -0.394 e. The molecule has 0 fully saturated rings. The molecule has 1 aromatic heterocycles. The van der Waals surface area contributed by atoms with Gasteiger partial charge in [0.15, 0.2) is 0 Å². The van der Waals surface area contributed by atoms with Crippen LogP contribution in [0.3, 0.4) is 0 Å². The highest BCUT2D eigenvalue weighted by Crippen LogP contribution is 2.20. The van der Waals surface area contributed by atoms with E-state index in [1.54, 1.807) is 0 Å². The summed E-state index contributed by atoms with van der Waals surface area (Å²) in [6.45, 7) is 9.31. The molecule has 0 bridgehead atoms. The zero-order valence-electron chi connectivity index (χ0n) is 9.49. The molecule has 0 atom stereocenters. The molecule has 0 saturated carbocycles. The van der Waals surface area contributed by atoms with Gasteiger partial charge in [-0.2, -0.15) is 5.10 Å². The van der Waals surface area contributed by atoms with Gasteiger partial charge < -0.3 is 5.11 Å². The molecular formula is C11H20N2O. The van der Waals surface area contributed by atoms with Gasteiger partial charge in [-0.1, -0.05) is 27.7 Å². The maximum atomic E-state index is 8.91. The van der Waals surface area contributed by atoms with Gasteiger partial charge in [0.25, 0.3) is 0 Å². The van der Waals surface area contributed by atoms with Crippen LogP contribution in [0.1, 0.15) is 50.9 Å². The van der Waals surface area contributed by atoms with Gasteiger partial charge >= 0.3 is 0 Å². The van der Waals surface area contributed by atoms with Crippen LogP contribution in [0, 0.1) is 0 Å². The van der Waals surface area contributed by atoms with E-state index in [0.717, 1.165) is 5.69 Å². The molecule has 0 spiro atoms. The number of hydrogen-bond donors (Lipinski definition) is 1. The van der Waals surface area contributed by atoms with Crippen molar-refractivity contribution in [3.05, 3.63) is 17.5 Å². The first kappa shape index (κ1) is 11.2. The summed E-state index contributed by atoms with van der Waals surface area (Å²) in [7, 11) is 0. The number of hydrogen-bond acceptors (Lipinski definition) is 2. The van der Waals surface area contributed by atoms with Crippen LogP contribution >= 0.6 is 0 Å². The molecule has 1 rings (SSSR count). The van der Waals surface area contributed by atoms with Gasteiger partial charge in [-0.15, -0.1) is 0 Å². The van der Waals surface area contributed by atoms with Crippen LogP contribution in [0.2, 0.25) is 0 Å². The third kappa shape index (κ3) is 2.35. The minimum atomic E-state index is 0.152. The summed E-state index contributed by atoms with van der Waals surface area (Å²) in [5.41, 5.74) is 2.32. The standard InChI is InChI=1S/C11H20N2O/c1-8(2)10-7-11(9(3)4)13(12-10)5-6-14/h7-9,14H,5-6H2,1-4H3. The summed E-state index contributed by atoms with van der Waals surface area (Å²) < 4.78 is 1.92. The third-order valence-electron chi connectivity index (χ3n) is 2.32. The van der Waals surface area contributed by atoms with Crippen molar-refractivity contribution < 1.29 is 5.11 Å². The molecule has 0 aliphatic carbocycles. The molecule has 80 valence electrons. The summed E-state index contributed by atoms with van der Waals surface area (Å²) in [5, 5.41) is 13.4. The fraction of sp³-hybridized carbons (Fsp3) is 0.727. The van der Waals surface area contributed by atoms with Crippen molar-refractivity contribution in [2.24, 2.45) is 0 Å². The van der Waals surface area contributed by atoms with Gasteiger partial charge in [0.1, 0.15) is 0 Å². The molecule has 0 radical (unpaired) electrons. The Balaban J connectivity index is 2.99. The number of aromatic nitrogens is 2. The zero-order chi connectivity index (χ0) is 10.7. The number of nitrogens with zero attached hydrogens (tertiary/aromatic N) is 2. The van der Waals surface area contributed by atoms with Crippen molar-refractivity contribution in [3.63, 3.8) is 0 Å². The van der Waals surface area contributed by atoms with E-state index in [0.29, 0.717) is 18.4 Å². The lowest BCUT2D eigenvalue weighted by Gasteiger charge is -2.07. The monoisotopic (exact) mass is 196 g/mol. The normalized spacial score (nSPS) is 11.6. The zero-order valence-corrected chi connectivity index (χ0v) is 9.49. The second-order valence-corrected chi connectivity index (χ2v) is 4.25. The Morgan fingerprint density at radius 2 is 1.93 bits per heavy atom.